The van der Waals surface area contributed by atoms with Gasteiger partial charge in [-0.1, -0.05) is 91.9 Å². The van der Waals surface area contributed by atoms with Crippen molar-refractivity contribution in [1.29, 1.82) is 0 Å². The van der Waals surface area contributed by atoms with Crippen LogP contribution in [0.3, 0.4) is 0 Å². The van der Waals surface area contributed by atoms with Crippen molar-refractivity contribution in [3.63, 3.8) is 0 Å². The van der Waals surface area contributed by atoms with E-state index in [1.807, 2.05) is 42.5 Å². The minimum absolute atomic E-state index is 0.0156. The van der Waals surface area contributed by atoms with Crippen LogP contribution in [0.5, 0.6) is 0 Å². The zero-order chi connectivity index (χ0) is 29.7. The van der Waals surface area contributed by atoms with Gasteiger partial charge in [-0.2, -0.15) is 0 Å². The molecule has 1 saturated heterocycles. The summed E-state index contributed by atoms with van der Waals surface area (Å²) in [5.74, 6) is 0.0450. The fourth-order valence-electron chi connectivity index (χ4n) is 5.28. The Morgan fingerprint density at radius 1 is 0.833 bits per heavy atom. The first-order valence-electron chi connectivity index (χ1n) is 14.2. The maximum Gasteiger partial charge on any atom is 0.261 e. The van der Waals surface area contributed by atoms with Gasteiger partial charge in [-0.05, 0) is 54.9 Å². The normalized spacial score (nSPS) is 21.6. The number of hydrogen-bond acceptors (Lipinski definition) is 6. The van der Waals surface area contributed by atoms with Crippen molar-refractivity contribution < 1.29 is 23.0 Å². The van der Waals surface area contributed by atoms with Gasteiger partial charge in [-0.15, -0.1) is 0 Å². The molecule has 0 radical (unpaired) electrons. The number of benzene rings is 4. The largest absolute Gasteiger partial charge is 0.392 e. The molecule has 5 atom stereocenters. The number of sulfonamides is 1. The molecule has 8 heteroatoms. The van der Waals surface area contributed by atoms with Gasteiger partial charge in [0.15, 0.2) is 6.29 Å². The molecule has 0 saturated carbocycles. The quantitative estimate of drug-likeness (QED) is 0.222. The van der Waals surface area contributed by atoms with Crippen LogP contribution in [0.4, 0.5) is 5.69 Å². The predicted octanol–water partition coefficient (Wildman–Crippen LogP) is 6.46. The first-order valence-corrected chi connectivity index (χ1v) is 15.7. The molecule has 0 aromatic heterocycles. The van der Waals surface area contributed by atoms with E-state index >= 15 is 0 Å². The minimum Gasteiger partial charge on any atom is -0.392 e. The molecule has 0 aliphatic carbocycles. The maximum absolute atomic E-state index is 12.8. The molecule has 1 aliphatic rings. The Bertz CT molecular complexity index is 1530. The number of anilines is 1. The highest BCUT2D eigenvalue weighted by Gasteiger charge is 2.39. The Hall–Kier alpha value is -3.53. The number of hydrogen-bond donors (Lipinski definition) is 2. The van der Waals surface area contributed by atoms with E-state index < -0.39 is 16.3 Å². The summed E-state index contributed by atoms with van der Waals surface area (Å²) in [4.78, 5) is 2.50. The van der Waals surface area contributed by atoms with Crippen molar-refractivity contribution in [3.8, 4) is 0 Å². The zero-order valence-electron chi connectivity index (χ0n) is 24.1. The van der Waals surface area contributed by atoms with Gasteiger partial charge >= 0.3 is 0 Å². The summed E-state index contributed by atoms with van der Waals surface area (Å²) in [5.41, 5.74) is 4.35. The number of aliphatic hydroxyl groups is 1. The van der Waals surface area contributed by atoms with Gasteiger partial charge in [0, 0.05) is 29.8 Å². The van der Waals surface area contributed by atoms with Gasteiger partial charge in [0.25, 0.3) is 10.0 Å². The van der Waals surface area contributed by atoms with Crippen LogP contribution in [0, 0.1) is 5.92 Å². The number of rotatable bonds is 10. The van der Waals surface area contributed by atoms with Crippen LogP contribution in [0.2, 0.25) is 0 Å². The van der Waals surface area contributed by atoms with Crippen molar-refractivity contribution in [1.82, 2.24) is 4.90 Å². The Kier molecular flexibility index (Phi) is 9.40. The van der Waals surface area contributed by atoms with Crippen LogP contribution in [-0.2, 0) is 26.1 Å². The average Bonchev–Trinajstić information content (AvgIpc) is 3.03. The molecule has 1 aliphatic heterocycles. The standard InChI is InChI=1S/C34H38N2O5S/c1-24-32(22-36(3)25(2)27-10-6-4-7-11-27)40-34(41-33(24)28-16-14-26(23-37)15-17-28)29-18-20-30(21-19-29)35-42(38,39)31-12-8-5-9-13-31/h4-21,24-25,32-35,37H,22-23H2,1-3H3. The van der Waals surface area contributed by atoms with Crippen molar-refractivity contribution in [2.24, 2.45) is 5.92 Å². The van der Waals surface area contributed by atoms with E-state index in [2.05, 4.69) is 54.8 Å². The van der Waals surface area contributed by atoms with Gasteiger partial charge in [0.2, 0.25) is 0 Å². The summed E-state index contributed by atoms with van der Waals surface area (Å²) in [6.07, 6.45) is -1.02. The van der Waals surface area contributed by atoms with Crippen LogP contribution >= 0.6 is 0 Å². The molecule has 42 heavy (non-hydrogen) atoms. The van der Waals surface area contributed by atoms with E-state index in [4.69, 9.17) is 9.47 Å². The number of likely N-dealkylation sites (N-methyl/N-ethyl adjacent to an activating group) is 1. The summed E-state index contributed by atoms with van der Waals surface area (Å²) in [6, 6.07) is 33.9. The minimum atomic E-state index is -3.70. The third-order valence-electron chi connectivity index (χ3n) is 8.02. The molecule has 4 aromatic rings. The summed E-state index contributed by atoms with van der Waals surface area (Å²) in [6.45, 7) is 5.01. The van der Waals surface area contributed by atoms with Crippen molar-refractivity contribution in [3.05, 3.63) is 131 Å². The van der Waals surface area contributed by atoms with Crippen LogP contribution in [0.25, 0.3) is 0 Å². The third kappa shape index (κ3) is 6.91. The molecule has 0 spiro atoms. The van der Waals surface area contributed by atoms with Crippen molar-refractivity contribution >= 4 is 15.7 Å². The van der Waals surface area contributed by atoms with E-state index in [1.54, 1.807) is 42.5 Å². The molecule has 1 heterocycles. The van der Waals surface area contributed by atoms with Crippen LogP contribution in [0.1, 0.15) is 54.5 Å². The van der Waals surface area contributed by atoms with E-state index in [1.165, 1.54) is 5.56 Å². The fourth-order valence-corrected chi connectivity index (χ4v) is 6.36. The van der Waals surface area contributed by atoms with Crippen molar-refractivity contribution in [2.45, 2.75) is 49.9 Å². The molecule has 0 amide bonds. The Labute approximate surface area is 248 Å². The lowest BCUT2D eigenvalue weighted by Gasteiger charge is -2.43. The fraction of sp³-hybridized carbons (Fsp3) is 0.294. The molecule has 5 rings (SSSR count). The van der Waals surface area contributed by atoms with Crippen LogP contribution in [-0.4, -0.2) is 38.1 Å². The highest BCUT2D eigenvalue weighted by Crippen LogP contribution is 2.42. The SMILES string of the molecule is CC1C(CN(C)C(C)c2ccccc2)OC(c2ccc(NS(=O)(=O)c3ccccc3)cc2)OC1c1ccc(CO)cc1. The average molecular weight is 587 g/mol. The number of nitrogens with one attached hydrogen (secondary N) is 1. The summed E-state index contributed by atoms with van der Waals surface area (Å²) >= 11 is 0. The molecular formula is C34H38N2O5S. The molecular weight excluding hydrogens is 548 g/mol. The second kappa shape index (κ2) is 13.2. The van der Waals surface area contributed by atoms with Gasteiger partial charge < -0.3 is 14.6 Å². The van der Waals surface area contributed by atoms with Gasteiger partial charge in [-0.25, -0.2) is 8.42 Å². The highest BCUT2D eigenvalue weighted by molar-refractivity contribution is 7.92. The molecule has 0 bridgehead atoms. The maximum atomic E-state index is 12.8. The monoisotopic (exact) mass is 586 g/mol. The third-order valence-corrected chi connectivity index (χ3v) is 9.42. The predicted molar refractivity (Wildman–Crippen MR) is 164 cm³/mol. The number of ether oxygens (including phenoxy) is 2. The smallest absolute Gasteiger partial charge is 0.261 e. The van der Waals surface area contributed by atoms with E-state index in [9.17, 15) is 13.5 Å². The van der Waals surface area contributed by atoms with Gasteiger partial charge in [-0.3, -0.25) is 9.62 Å². The lowest BCUT2D eigenvalue weighted by atomic mass is 9.89. The van der Waals surface area contributed by atoms with Gasteiger partial charge in [0.1, 0.15) is 0 Å². The second-order valence-corrected chi connectivity index (χ2v) is 12.6. The topological polar surface area (TPSA) is 88.1 Å². The van der Waals surface area contributed by atoms with E-state index in [-0.39, 0.29) is 35.7 Å². The lowest BCUT2D eigenvalue weighted by molar-refractivity contribution is -0.276. The van der Waals surface area contributed by atoms with Crippen molar-refractivity contribution in [2.75, 3.05) is 18.3 Å². The Morgan fingerprint density at radius 2 is 1.43 bits per heavy atom. The second-order valence-electron chi connectivity index (χ2n) is 10.9. The van der Waals surface area contributed by atoms with E-state index in [0.717, 1.165) is 16.7 Å². The molecule has 2 N–H and O–H groups in total. The summed E-state index contributed by atoms with van der Waals surface area (Å²) < 4.78 is 41.4. The molecule has 1 fully saturated rings. The summed E-state index contributed by atoms with van der Waals surface area (Å²) in [5, 5.41) is 9.53. The molecule has 5 unspecified atom stereocenters. The Balaban J connectivity index is 1.37. The van der Waals surface area contributed by atoms with E-state index in [0.29, 0.717) is 12.2 Å². The van der Waals surface area contributed by atoms with Crippen LogP contribution < -0.4 is 4.72 Å². The number of nitrogens with zero attached hydrogens (tertiary/aromatic N) is 1. The summed E-state index contributed by atoms with van der Waals surface area (Å²) in [7, 11) is -1.59. The molecule has 220 valence electrons. The highest BCUT2D eigenvalue weighted by atomic mass is 32.2. The van der Waals surface area contributed by atoms with Gasteiger partial charge in [0.05, 0.1) is 23.7 Å². The molecule has 7 nitrogen and oxygen atoms in total. The zero-order valence-corrected chi connectivity index (χ0v) is 24.9. The lowest BCUT2D eigenvalue weighted by Crippen LogP contribution is -2.44. The first kappa shape index (κ1) is 29.9. The number of aliphatic hydroxyl groups excluding tert-OH is 1. The van der Waals surface area contributed by atoms with Crippen LogP contribution in [0.15, 0.2) is 114 Å². The first-order chi connectivity index (χ1) is 20.2. The molecule has 4 aromatic carbocycles. The Morgan fingerprint density at radius 3 is 2.05 bits per heavy atom.